The summed E-state index contributed by atoms with van der Waals surface area (Å²) in [4.78, 5) is 33.0. The van der Waals surface area contributed by atoms with E-state index in [9.17, 15) is 22.8 Å². The molecule has 0 atom stereocenters. The lowest BCUT2D eigenvalue weighted by atomic mass is 10.1. The number of fused-ring (bicyclic) bond motifs is 1. The van der Waals surface area contributed by atoms with Gasteiger partial charge in [0, 0.05) is 12.1 Å². The Balaban J connectivity index is 1.63. The van der Waals surface area contributed by atoms with Crippen LogP contribution in [0.3, 0.4) is 0 Å². The first-order valence-corrected chi connectivity index (χ1v) is 9.44. The minimum Gasteiger partial charge on any atom is -0.327 e. The molecule has 3 rings (SSSR count). The Kier molecular flexibility index (Phi) is 6.60. The van der Waals surface area contributed by atoms with Crippen LogP contribution in [0, 0.1) is 11.8 Å². The van der Waals surface area contributed by atoms with E-state index < -0.39 is 17.8 Å². The van der Waals surface area contributed by atoms with Crippen LogP contribution in [0.1, 0.15) is 23.9 Å². The zero-order valence-corrected chi connectivity index (χ0v) is 16.6. The van der Waals surface area contributed by atoms with Crippen molar-refractivity contribution in [3.8, 4) is 11.8 Å². The molecule has 0 fully saturated rings. The number of aromatic nitrogens is 2. The van der Waals surface area contributed by atoms with E-state index in [1.807, 2.05) is 0 Å². The molecule has 0 bridgehead atoms. The summed E-state index contributed by atoms with van der Waals surface area (Å²) in [5, 5.41) is 3.05. The Hall–Kier alpha value is -3.80. The standard InChI is InChI=1S/C22H19F3N4O2/c1-2-29(14-19-27-18-11-4-3-10-17(18)20(30)28-19)21(31)26-12-6-8-15-7-5-9-16(13-15)22(23,24)25/h3-5,7,9-11,13H,2,12,14H2,1H3,(H,26,31)(H,27,28,30). The third-order valence-electron chi connectivity index (χ3n) is 4.42. The number of rotatable bonds is 4. The van der Waals surface area contributed by atoms with Crippen LogP contribution in [0.5, 0.6) is 0 Å². The molecule has 3 aromatic rings. The summed E-state index contributed by atoms with van der Waals surface area (Å²) in [6.07, 6.45) is -4.44. The van der Waals surface area contributed by atoms with Crippen molar-refractivity contribution in [3.63, 3.8) is 0 Å². The number of carbonyl (C=O) groups is 1. The Morgan fingerprint density at radius 1 is 1.19 bits per heavy atom. The van der Waals surface area contributed by atoms with Crippen LogP contribution in [0.15, 0.2) is 53.3 Å². The van der Waals surface area contributed by atoms with Crippen molar-refractivity contribution >= 4 is 16.9 Å². The van der Waals surface area contributed by atoms with E-state index in [-0.39, 0.29) is 24.2 Å². The van der Waals surface area contributed by atoms with Crippen LogP contribution >= 0.6 is 0 Å². The number of alkyl halides is 3. The van der Waals surface area contributed by atoms with Gasteiger partial charge >= 0.3 is 12.2 Å². The fourth-order valence-electron chi connectivity index (χ4n) is 2.87. The molecule has 0 aliphatic carbocycles. The number of para-hydroxylation sites is 1. The topological polar surface area (TPSA) is 78.1 Å². The van der Waals surface area contributed by atoms with E-state index in [1.165, 1.54) is 17.0 Å². The number of aromatic amines is 1. The van der Waals surface area contributed by atoms with Gasteiger partial charge in [0.1, 0.15) is 5.82 Å². The minimum absolute atomic E-state index is 0.0484. The second-order valence-corrected chi connectivity index (χ2v) is 6.58. The van der Waals surface area contributed by atoms with Gasteiger partial charge in [-0.3, -0.25) is 4.79 Å². The highest BCUT2D eigenvalue weighted by molar-refractivity contribution is 5.77. The summed E-state index contributed by atoms with van der Waals surface area (Å²) in [6.45, 7) is 2.16. The Morgan fingerprint density at radius 3 is 2.71 bits per heavy atom. The number of halogens is 3. The maximum Gasteiger partial charge on any atom is 0.416 e. The molecule has 9 heteroatoms. The molecule has 0 unspecified atom stereocenters. The van der Waals surface area contributed by atoms with E-state index in [1.54, 1.807) is 31.2 Å². The summed E-state index contributed by atoms with van der Waals surface area (Å²) < 4.78 is 38.2. The number of hydrogen-bond acceptors (Lipinski definition) is 3. The second-order valence-electron chi connectivity index (χ2n) is 6.58. The van der Waals surface area contributed by atoms with Crippen molar-refractivity contribution < 1.29 is 18.0 Å². The smallest absolute Gasteiger partial charge is 0.327 e. The van der Waals surface area contributed by atoms with Crippen LogP contribution < -0.4 is 10.9 Å². The number of carbonyl (C=O) groups excluding carboxylic acids is 1. The van der Waals surface area contributed by atoms with Gasteiger partial charge in [0.25, 0.3) is 5.56 Å². The van der Waals surface area contributed by atoms with E-state index in [2.05, 4.69) is 27.1 Å². The summed E-state index contributed by atoms with van der Waals surface area (Å²) in [6, 6.07) is 11.1. The average Bonchev–Trinajstić information content (AvgIpc) is 2.74. The normalized spacial score (nSPS) is 11.0. The van der Waals surface area contributed by atoms with Gasteiger partial charge in [-0.25, -0.2) is 9.78 Å². The van der Waals surface area contributed by atoms with E-state index in [4.69, 9.17) is 0 Å². The number of amides is 2. The van der Waals surface area contributed by atoms with Gasteiger partial charge in [-0.05, 0) is 37.3 Å². The number of nitrogens with one attached hydrogen (secondary N) is 2. The summed E-state index contributed by atoms with van der Waals surface area (Å²) in [5.74, 6) is 5.58. The van der Waals surface area contributed by atoms with Crippen molar-refractivity contribution in [1.29, 1.82) is 0 Å². The van der Waals surface area contributed by atoms with Crippen molar-refractivity contribution in [2.75, 3.05) is 13.1 Å². The molecule has 0 aliphatic heterocycles. The van der Waals surface area contributed by atoms with Gasteiger partial charge in [0.2, 0.25) is 0 Å². The monoisotopic (exact) mass is 428 g/mol. The summed E-state index contributed by atoms with van der Waals surface area (Å²) >= 11 is 0. The predicted molar refractivity (Wildman–Crippen MR) is 110 cm³/mol. The van der Waals surface area contributed by atoms with Gasteiger partial charge < -0.3 is 15.2 Å². The largest absolute Gasteiger partial charge is 0.416 e. The molecule has 0 saturated heterocycles. The van der Waals surface area contributed by atoms with Crippen molar-refractivity contribution in [2.24, 2.45) is 0 Å². The molecule has 1 heterocycles. The molecule has 1 aromatic heterocycles. The van der Waals surface area contributed by atoms with Gasteiger partial charge in [-0.15, -0.1) is 0 Å². The zero-order valence-electron chi connectivity index (χ0n) is 16.6. The van der Waals surface area contributed by atoms with Gasteiger partial charge in [0.05, 0.1) is 29.6 Å². The van der Waals surface area contributed by atoms with Crippen LogP contribution in [0.25, 0.3) is 10.9 Å². The molecular weight excluding hydrogens is 409 g/mol. The molecule has 0 aliphatic rings. The Morgan fingerprint density at radius 2 is 1.97 bits per heavy atom. The number of benzene rings is 2. The maximum absolute atomic E-state index is 12.7. The molecular formula is C22H19F3N4O2. The first kappa shape index (κ1) is 21.9. The molecule has 31 heavy (non-hydrogen) atoms. The van der Waals surface area contributed by atoms with Gasteiger partial charge in [-0.1, -0.05) is 30.0 Å². The van der Waals surface area contributed by atoms with Crippen LogP contribution in [0.2, 0.25) is 0 Å². The molecule has 2 aromatic carbocycles. The summed E-state index contributed by atoms with van der Waals surface area (Å²) in [7, 11) is 0. The van der Waals surface area contributed by atoms with Crippen molar-refractivity contribution in [3.05, 3.63) is 75.8 Å². The van der Waals surface area contributed by atoms with Crippen LogP contribution in [0.4, 0.5) is 18.0 Å². The maximum atomic E-state index is 12.7. The molecule has 6 nitrogen and oxygen atoms in total. The molecule has 0 spiro atoms. The quantitative estimate of drug-likeness (QED) is 0.624. The molecule has 2 amide bonds. The van der Waals surface area contributed by atoms with Crippen molar-refractivity contribution in [2.45, 2.75) is 19.6 Å². The lowest BCUT2D eigenvalue weighted by Gasteiger charge is -2.20. The Bertz CT molecular complexity index is 1210. The fourth-order valence-corrected chi connectivity index (χ4v) is 2.87. The number of hydrogen-bond donors (Lipinski definition) is 2. The van der Waals surface area contributed by atoms with E-state index in [0.29, 0.717) is 23.3 Å². The number of nitrogens with zero attached hydrogens (tertiary/aromatic N) is 2. The Labute approximate surface area is 176 Å². The first-order valence-electron chi connectivity index (χ1n) is 9.44. The predicted octanol–water partition coefficient (Wildman–Crippen LogP) is 3.53. The summed E-state index contributed by atoms with van der Waals surface area (Å²) in [5.41, 5.74) is -0.333. The van der Waals surface area contributed by atoms with Gasteiger partial charge in [0.15, 0.2) is 0 Å². The average molecular weight is 428 g/mol. The fraction of sp³-hybridized carbons (Fsp3) is 0.227. The highest BCUT2D eigenvalue weighted by atomic mass is 19.4. The third-order valence-corrected chi connectivity index (χ3v) is 4.42. The van der Waals surface area contributed by atoms with Gasteiger partial charge in [-0.2, -0.15) is 13.2 Å². The van der Waals surface area contributed by atoms with E-state index in [0.717, 1.165) is 12.1 Å². The second kappa shape index (κ2) is 9.34. The molecule has 160 valence electrons. The number of urea groups is 1. The molecule has 2 N–H and O–H groups in total. The lowest BCUT2D eigenvalue weighted by Crippen LogP contribution is -2.40. The van der Waals surface area contributed by atoms with Crippen LogP contribution in [-0.2, 0) is 12.7 Å². The third kappa shape index (κ3) is 5.63. The van der Waals surface area contributed by atoms with E-state index >= 15 is 0 Å². The molecule has 0 radical (unpaired) electrons. The highest BCUT2D eigenvalue weighted by Crippen LogP contribution is 2.29. The highest BCUT2D eigenvalue weighted by Gasteiger charge is 2.30. The SMILES string of the molecule is CCN(Cc1nc2ccccc2c(=O)[nH]1)C(=O)NCC#Cc1cccc(C(F)(F)F)c1. The lowest BCUT2D eigenvalue weighted by molar-refractivity contribution is -0.137. The van der Waals surface area contributed by atoms with Crippen LogP contribution in [-0.4, -0.2) is 34.0 Å². The van der Waals surface area contributed by atoms with Crippen molar-refractivity contribution in [1.82, 2.24) is 20.2 Å². The first-order chi connectivity index (χ1) is 14.8. The molecule has 0 saturated carbocycles. The number of H-pyrrole nitrogens is 1. The minimum atomic E-state index is -4.44. The zero-order chi connectivity index (χ0) is 22.4.